The van der Waals surface area contributed by atoms with Crippen LogP contribution in [0.3, 0.4) is 0 Å². The molecule has 4 rings (SSSR count). The lowest BCUT2D eigenvalue weighted by Crippen LogP contribution is -2.34. The SMILES string of the molecule is Cc1ccc2[nH]c3c4c(ccc3c2c1)O[C@@](C)(CCC(C)(C)O)C=C4. The molecule has 25 heavy (non-hydrogen) atoms. The van der Waals surface area contributed by atoms with Crippen molar-refractivity contribution in [2.45, 2.75) is 51.7 Å². The van der Waals surface area contributed by atoms with Crippen LogP contribution in [0.25, 0.3) is 27.9 Å². The van der Waals surface area contributed by atoms with Gasteiger partial charge in [0, 0.05) is 21.9 Å². The molecule has 1 aliphatic rings. The highest BCUT2D eigenvalue weighted by molar-refractivity contribution is 6.10. The Morgan fingerprint density at radius 2 is 1.96 bits per heavy atom. The maximum atomic E-state index is 10.0. The molecule has 0 unspecified atom stereocenters. The van der Waals surface area contributed by atoms with Crippen LogP contribution in [-0.4, -0.2) is 21.3 Å². The molecule has 2 N–H and O–H groups in total. The number of hydrogen-bond donors (Lipinski definition) is 2. The summed E-state index contributed by atoms with van der Waals surface area (Å²) in [6, 6.07) is 10.7. The van der Waals surface area contributed by atoms with Gasteiger partial charge in [-0.25, -0.2) is 0 Å². The number of aliphatic hydroxyl groups is 1. The van der Waals surface area contributed by atoms with Crippen LogP contribution >= 0.6 is 0 Å². The molecule has 0 saturated carbocycles. The van der Waals surface area contributed by atoms with Crippen molar-refractivity contribution in [2.75, 3.05) is 0 Å². The van der Waals surface area contributed by atoms with E-state index in [1.54, 1.807) is 0 Å². The molecule has 1 aliphatic heterocycles. The molecule has 3 aromatic rings. The van der Waals surface area contributed by atoms with Gasteiger partial charge in [0.2, 0.25) is 0 Å². The van der Waals surface area contributed by atoms with Gasteiger partial charge in [-0.2, -0.15) is 0 Å². The molecule has 3 nitrogen and oxygen atoms in total. The maximum Gasteiger partial charge on any atom is 0.129 e. The van der Waals surface area contributed by atoms with Crippen molar-refractivity contribution >= 4 is 27.9 Å². The third-order valence-corrected chi connectivity index (χ3v) is 5.11. The zero-order valence-corrected chi connectivity index (χ0v) is 15.3. The van der Waals surface area contributed by atoms with Gasteiger partial charge in [-0.1, -0.05) is 11.6 Å². The minimum atomic E-state index is -0.681. The van der Waals surface area contributed by atoms with E-state index in [0.717, 1.165) is 28.8 Å². The first-order valence-corrected chi connectivity index (χ1v) is 8.90. The first-order chi connectivity index (χ1) is 11.7. The van der Waals surface area contributed by atoms with Crippen molar-refractivity contribution < 1.29 is 9.84 Å². The predicted octanol–water partition coefficient (Wildman–Crippen LogP) is 5.34. The molecule has 2 heterocycles. The highest BCUT2D eigenvalue weighted by Gasteiger charge is 2.30. The van der Waals surface area contributed by atoms with Crippen LogP contribution < -0.4 is 4.74 Å². The van der Waals surface area contributed by atoms with E-state index in [-0.39, 0.29) is 5.60 Å². The Balaban J connectivity index is 1.76. The largest absolute Gasteiger partial charge is 0.483 e. The topological polar surface area (TPSA) is 45.2 Å². The van der Waals surface area contributed by atoms with Gasteiger partial charge in [-0.15, -0.1) is 0 Å². The highest BCUT2D eigenvalue weighted by Crippen LogP contribution is 2.40. The Kier molecular flexibility index (Phi) is 3.48. The summed E-state index contributed by atoms with van der Waals surface area (Å²) in [4.78, 5) is 3.55. The molecular formula is C22H25NO2. The van der Waals surface area contributed by atoms with Gasteiger partial charge in [-0.05, 0) is 77.0 Å². The number of aryl methyl sites for hydroxylation is 1. The molecular weight excluding hydrogens is 310 g/mol. The quantitative estimate of drug-likeness (QED) is 0.678. The van der Waals surface area contributed by atoms with Crippen LogP contribution in [0.4, 0.5) is 0 Å². The summed E-state index contributed by atoms with van der Waals surface area (Å²) in [5.41, 5.74) is 3.57. The van der Waals surface area contributed by atoms with Crippen LogP contribution in [0.15, 0.2) is 36.4 Å². The Labute approximate surface area is 148 Å². The molecule has 2 aromatic carbocycles. The molecule has 0 amide bonds. The van der Waals surface area contributed by atoms with E-state index in [0.29, 0.717) is 6.42 Å². The molecule has 0 spiro atoms. The third-order valence-electron chi connectivity index (χ3n) is 5.11. The number of hydrogen-bond acceptors (Lipinski definition) is 2. The van der Waals surface area contributed by atoms with Crippen LogP contribution in [0.2, 0.25) is 0 Å². The van der Waals surface area contributed by atoms with Gasteiger partial charge in [0.25, 0.3) is 0 Å². The van der Waals surface area contributed by atoms with Crippen molar-refractivity contribution in [3.63, 3.8) is 0 Å². The first-order valence-electron chi connectivity index (χ1n) is 8.90. The van der Waals surface area contributed by atoms with E-state index in [2.05, 4.69) is 61.3 Å². The van der Waals surface area contributed by atoms with Crippen molar-refractivity contribution in [3.05, 3.63) is 47.5 Å². The van der Waals surface area contributed by atoms with Crippen molar-refractivity contribution in [2.24, 2.45) is 0 Å². The number of nitrogens with one attached hydrogen (secondary N) is 1. The fraction of sp³-hybridized carbons (Fsp3) is 0.364. The number of aromatic nitrogens is 1. The smallest absolute Gasteiger partial charge is 0.129 e. The van der Waals surface area contributed by atoms with Crippen molar-refractivity contribution in [1.29, 1.82) is 0 Å². The van der Waals surface area contributed by atoms with Crippen LogP contribution in [0.5, 0.6) is 5.75 Å². The standard InChI is InChI=1S/C22H25NO2/c1-14-5-7-18-17(13-14)15-6-8-19-16(20(15)23-18)9-10-22(4,25-19)12-11-21(2,3)24/h5-10,13,23-24H,11-12H2,1-4H3/t22-/m1/s1. The number of H-pyrrole nitrogens is 1. The lowest BCUT2D eigenvalue weighted by molar-refractivity contribution is 0.0390. The van der Waals surface area contributed by atoms with Gasteiger partial charge < -0.3 is 14.8 Å². The first kappa shape index (κ1) is 16.2. The normalized spacial score (nSPS) is 20.0. The van der Waals surface area contributed by atoms with E-state index in [1.165, 1.54) is 16.3 Å². The number of aromatic amines is 1. The lowest BCUT2D eigenvalue weighted by Gasteiger charge is -2.33. The summed E-state index contributed by atoms with van der Waals surface area (Å²) in [6.07, 6.45) is 5.75. The van der Waals surface area contributed by atoms with Gasteiger partial charge in [0.05, 0.1) is 11.1 Å². The zero-order valence-electron chi connectivity index (χ0n) is 15.3. The number of benzene rings is 2. The monoisotopic (exact) mass is 335 g/mol. The zero-order chi connectivity index (χ0) is 17.8. The van der Waals surface area contributed by atoms with Crippen molar-refractivity contribution in [3.8, 4) is 5.75 Å². The van der Waals surface area contributed by atoms with E-state index in [9.17, 15) is 5.11 Å². The summed E-state index contributed by atoms with van der Waals surface area (Å²) in [7, 11) is 0. The second kappa shape index (κ2) is 5.37. The Hall–Kier alpha value is -2.26. The number of fused-ring (bicyclic) bond motifs is 5. The second-order valence-corrected chi connectivity index (χ2v) is 8.13. The summed E-state index contributed by atoms with van der Waals surface area (Å²) < 4.78 is 6.32. The van der Waals surface area contributed by atoms with Crippen LogP contribution in [-0.2, 0) is 0 Å². The minimum absolute atomic E-state index is 0.386. The summed E-state index contributed by atoms with van der Waals surface area (Å²) >= 11 is 0. The molecule has 3 heteroatoms. The van der Waals surface area contributed by atoms with E-state index < -0.39 is 5.60 Å². The summed E-state index contributed by atoms with van der Waals surface area (Å²) in [6.45, 7) is 7.88. The minimum Gasteiger partial charge on any atom is -0.483 e. The number of ether oxygens (including phenoxy) is 1. The number of rotatable bonds is 3. The van der Waals surface area contributed by atoms with Crippen molar-refractivity contribution in [1.82, 2.24) is 4.98 Å². The fourth-order valence-electron chi connectivity index (χ4n) is 3.57. The van der Waals surface area contributed by atoms with Gasteiger partial charge in [0.1, 0.15) is 11.4 Å². The molecule has 0 saturated heterocycles. The maximum absolute atomic E-state index is 10.0. The third kappa shape index (κ3) is 2.93. The van der Waals surface area contributed by atoms with E-state index in [1.807, 2.05) is 13.8 Å². The van der Waals surface area contributed by atoms with E-state index in [4.69, 9.17) is 4.74 Å². The highest BCUT2D eigenvalue weighted by atomic mass is 16.5. The summed E-state index contributed by atoms with van der Waals surface area (Å²) in [5, 5.41) is 12.5. The average Bonchev–Trinajstić information content (AvgIpc) is 2.90. The fourth-order valence-corrected chi connectivity index (χ4v) is 3.57. The predicted molar refractivity (Wildman–Crippen MR) is 104 cm³/mol. The van der Waals surface area contributed by atoms with Crippen LogP contribution in [0.1, 0.15) is 44.7 Å². The van der Waals surface area contributed by atoms with E-state index >= 15 is 0 Å². The Bertz CT molecular complexity index is 991. The Morgan fingerprint density at radius 1 is 1.16 bits per heavy atom. The van der Waals surface area contributed by atoms with Gasteiger partial charge in [-0.3, -0.25) is 0 Å². The van der Waals surface area contributed by atoms with Crippen LogP contribution in [0, 0.1) is 6.92 Å². The van der Waals surface area contributed by atoms with Gasteiger partial charge in [0.15, 0.2) is 0 Å². The molecule has 0 bridgehead atoms. The van der Waals surface area contributed by atoms with Gasteiger partial charge >= 0.3 is 0 Å². The Morgan fingerprint density at radius 3 is 2.72 bits per heavy atom. The molecule has 0 fully saturated rings. The molecule has 0 aliphatic carbocycles. The molecule has 1 atom stereocenters. The molecule has 1 aromatic heterocycles. The second-order valence-electron chi connectivity index (χ2n) is 8.13. The molecule has 130 valence electrons. The lowest BCUT2D eigenvalue weighted by atomic mass is 9.90. The summed E-state index contributed by atoms with van der Waals surface area (Å²) in [5.74, 6) is 0.900. The average molecular weight is 335 g/mol. The molecule has 0 radical (unpaired) electrons.